The number of nitrogens with one attached hydrogen (secondary N) is 2. The molecule has 4 N–H and O–H groups in total. The number of carboxylic acids is 2. The highest BCUT2D eigenvalue weighted by atomic mass is 16.4. The summed E-state index contributed by atoms with van der Waals surface area (Å²) in [4.78, 5) is 42.4. The molecule has 8 nitrogen and oxygen atoms in total. The Morgan fingerprint density at radius 3 is 1.44 bits per heavy atom. The van der Waals surface area contributed by atoms with Gasteiger partial charge in [0.2, 0.25) is 11.8 Å². The van der Waals surface area contributed by atoms with Crippen LogP contribution in [0.15, 0.2) is 24.3 Å². The van der Waals surface area contributed by atoms with Gasteiger partial charge in [-0.25, -0.2) is 9.59 Å². The lowest BCUT2D eigenvalue weighted by Gasteiger charge is -2.12. The second-order valence-corrected chi connectivity index (χ2v) is 3.08. The molecule has 0 fully saturated rings. The Labute approximate surface area is 102 Å². The highest BCUT2D eigenvalue weighted by Gasteiger charge is 2.06. The zero-order valence-electron chi connectivity index (χ0n) is 9.41. The number of rotatable bonds is 6. The molecule has 0 rings (SSSR count). The number of carboxylic acid groups (broad SMARTS) is 2. The standard InChI is InChI=1S/C10H12N2O6/c1-6(11-7(13)2-4-9(15)16)12-8(14)3-5-10(17)18/h2-6H,1H3,(H,11,13)(H,12,14)(H,15,16)(H,17,18)/b4-2-,5-3-. The van der Waals surface area contributed by atoms with Crippen LogP contribution in [0.2, 0.25) is 0 Å². The van der Waals surface area contributed by atoms with Crippen molar-refractivity contribution in [3.8, 4) is 0 Å². The van der Waals surface area contributed by atoms with Crippen LogP contribution in [0.25, 0.3) is 0 Å². The van der Waals surface area contributed by atoms with E-state index in [1.807, 2.05) is 0 Å². The molecule has 0 unspecified atom stereocenters. The maximum absolute atomic E-state index is 11.1. The molecule has 18 heavy (non-hydrogen) atoms. The van der Waals surface area contributed by atoms with E-state index < -0.39 is 29.9 Å². The van der Waals surface area contributed by atoms with Crippen molar-refractivity contribution in [1.82, 2.24) is 10.6 Å². The van der Waals surface area contributed by atoms with Gasteiger partial charge < -0.3 is 20.8 Å². The van der Waals surface area contributed by atoms with Crippen LogP contribution in [0.1, 0.15) is 6.92 Å². The number of hydrogen-bond donors (Lipinski definition) is 4. The Morgan fingerprint density at radius 2 is 1.17 bits per heavy atom. The number of aliphatic carboxylic acids is 2. The van der Waals surface area contributed by atoms with Gasteiger partial charge >= 0.3 is 11.9 Å². The second kappa shape index (κ2) is 7.60. The van der Waals surface area contributed by atoms with E-state index in [2.05, 4.69) is 10.6 Å². The molecule has 0 aliphatic carbocycles. The largest absolute Gasteiger partial charge is 0.478 e. The summed E-state index contributed by atoms with van der Waals surface area (Å²) in [6, 6.07) is 0. The van der Waals surface area contributed by atoms with Crippen molar-refractivity contribution in [2.45, 2.75) is 13.1 Å². The topological polar surface area (TPSA) is 133 Å². The van der Waals surface area contributed by atoms with E-state index in [-0.39, 0.29) is 0 Å². The SMILES string of the molecule is CC(NC(=O)/C=C\C(=O)O)NC(=O)/C=C\C(=O)O. The summed E-state index contributed by atoms with van der Waals surface area (Å²) in [5.41, 5.74) is 0. The summed E-state index contributed by atoms with van der Waals surface area (Å²) in [5, 5.41) is 21.0. The lowest BCUT2D eigenvalue weighted by atomic mass is 10.4. The second-order valence-electron chi connectivity index (χ2n) is 3.08. The zero-order valence-corrected chi connectivity index (χ0v) is 9.41. The van der Waals surface area contributed by atoms with Crippen LogP contribution in [0, 0.1) is 0 Å². The predicted octanol–water partition coefficient (Wildman–Crippen LogP) is -1.15. The van der Waals surface area contributed by atoms with Crippen molar-refractivity contribution in [2.75, 3.05) is 0 Å². The molecule has 0 aromatic carbocycles. The smallest absolute Gasteiger partial charge is 0.328 e. The minimum atomic E-state index is -1.27. The van der Waals surface area contributed by atoms with Crippen molar-refractivity contribution in [1.29, 1.82) is 0 Å². The maximum Gasteiger partial charge on any atom is 0.328 e. The van der Waals surface area contributed by atoms with Crippen LogP contribution >= 0.6 is 0 Å². The number of carbonyl (C=O) groups is 4. The van der Waals surface area contributed by atoms with Crippen LogP contribution in [0.5, 0.6) is 0 Å². The van der Waals surface area contributed by atoms with E-state index in [1.165, 1.54) is 6.92 Å². The number of hydrogen-bond acceptors (Lipinski definition) is 4. The van der Waals surface area contributed by atoms with Crippen LogP contribution < -0.4 is 10.6 Å². The van der Waals surface area contributed by atoms with Crippen LogP contribution in [0.3, 0.4) is 0 Å². The van der Waals surface area contributed by atoms with Gasteiger partial charge in [-0.05, 0) is 6.92 Å². The Balaban J connectivity index is 4.15. The highest BCUT2D eigenvalue weighted by Crippen LogP contribution is 1.82. The average molecular weight is 256 g/mol. The van der Waals surface area contributed by atoms with Crippen LogP contribution in [-0.4, -0.2) is 40.1 Å². The van der Waals surface area contributed by atoms with Crippen LogP contribution in [0.4, 0.5) is 0 Å². The zero-order chi connectivity index (χ0) is 14.1. The lowest BCUT2D eigenvalue weighted by Crippen LogP contribution is -2.44. The summed E-state index contributed by atoms with van der Waals surface area (Å²) in [7, 11) is 0. The molecule has 0 atom stereocenters. The molecule has 0 aliphatic heterocycles. The van der Waals surface area contributed by atoms with E-state index in [1.54, 1.807) is 0 Å². The Kier molecular flexibility index (Phi) is 6.49. The van der Waals surface area contributed by atoms with Gasteiger partial charge in [0.15, 0.2) is 0 Å². The van der Waals surface area contributed by atoms with Gasteiger partial charge in [-0.2, -0.15) is 0 Å². The van der Waals surface area contributed by atoms with Gasteiger partial charge in [-0.3, -0.25) is 9.59 Å². The third-order valence-corrected chi connectivity index (χ3v) is 1.47. The first kappa shape index (κ1) is 15.4. The molecule has 0 saturated heterocycles. The molecule has 0 aromatic rings. The molecule has 2 amide bonds. The molecular weight excluding hydrogens is 244 g/mol. The molecule has 0 aliphatic rings. The summed E-state index contributed by atoms with van der Waals surface area (Å²) in [6.45, 7) is 1.43. The van der Waals surface area contributed by atoms with Gasteiger partial charge in [0.25, 0.3) is 0 Å². The van der Waals surface area contributed by atoms with Gasteiger partial charge in [0, 0.05) is 24.3 Å². The molecule has 0 saturated carbocycles. The monoisotopic (exact) mass is 256 g/mol. The molecule has 0 heterocycles. The van der Waals surface area contributed by atoms with Crippen molar-refractivity contribution < 1.29 is 29.4 Å². The van der Waals surface area contributed by atoms with Crippen molar-refractivity contribution >= 4 is 23.8 Å². The van der Waals surface area contributed by atoms with Gasteiger partial charge in [0.1, 0.15) is 0 Å². The number of carbonyl (C=O) groups excluding carboxylic acids is 2. The van der Waals surface area contributed by atoms with Gasteiger partial charge in [0.05, 0.1) is 6.17 Å². The summed E-state index contributed by atoms with van der Waals surface area (Å²) < 4.78 is 0. The van der Waals surface area contributed by atoms with E-state index in [0.717, 1.165) is 12.2 Å². The molecule has 8 heteroatoms. The van der Waals surface area contributed by atoms with E-state index >= 15 is 0 Å². The number of amides is 2. The van der Waals surface area contributed by atoms with Crippen molar-refractivity contribution in [3.05, 3.63) is 24.3 Å². The first-order valence-corrected chi connectivity index (χ1v) is 4.74. The van der Waals surface area contributed by atoms with Crippen molar-refractivity contribution in [3.63, 3.8) is 0 Å². The summed E-state index contributed by atoms with van der Waals surface area (Å²) in [6.07, 6.45) is 2.10. The van der Waals surface area contributed by atoms with E-state index in [4.69, 9.17) is 10.2 Å². The summed E-state index contributed by atoms with van der Waals surface area (Å²) in [5.74, 6) is -3.95. The predicted molar refractivity (Wildman–Crippen MR) is 59.3 cm³/mol. The molecular formula is C10H12N2O6. The molecule has 0 spiro atoms. The first-order valence-electron chi connectivity index (χ1n) is 4.74. The average Bonchev–Trinajstić information content (AvgIpc) is 2.23. The normalized spacial score (nSPS) is 10.8. The minimum absolute atomic E-state index is 0.647. The van der Waals surface area contributed by atoms with E-state index in [0.29, 0.717) is 12.2 Å². The lowest BCUT2D eigenvalue weighted by molar-refractivity contribution is -0.132. The quantitative estimate of drug-likeness (QED) is 0.350. The Morgan fingerprint density at radius 1 is 0.833 bits per heavy atom. The Bertz CT molecular complexity index is 375. The third-order valence-electron chi connectivity index (χ3n) is 1.47. The summed E-state index contributed by atoms with van der Waals surface area (Å²) >= 11 is 0. The fourth-order valence-corrected chi connectivity index (χ4v) is 0.853. The van der Waals surface area contributed by atoms with Crippen LogP contribution in [-0.2, 0) is 19.2 Å². The first-order chi connectivity index (χ1) is 8.31. The third kappa shape index (κ3) is 8.65. The maximum atomic E-state index is 11.1. The molecule has 0 aromatic heterocycles. The molecule has 98 valence electrons. The fraction of sp³-hybridized carbons (Fsp3) is 0.200. The Hall–Kier alpha value is -2.64. The van der Waals surface area contributed by atoms with Crippen molar-refractivity contribution in [2.24, 2.45) is 0 Å². The molecule has 0 radical (unpaired) electrons. The highest BCUT2D eigenvalue weighted by molar-refractivity contribution is 5.95. The van der Waals surface area contributed by atoms with Gasteiger partial charge in [-0.1, -0.05) is 0 Å². The fourth-order valence-electron chi connectivity index (χ4n) is 0.853. The minimum Gasteiger partial charge on any atom is -0.478 e. The van der Waals surface area contributed by atoms with E-state index in [9.17, 15) is 19.2 Å². The van der Waals surface area contributed by atoms with Gasteiger partial charge in [-0.15, -0.1) is 0 Å². The molecule has 0 bridgehead atoms.